The first-order valence-corrected chi connectivity index (χ1v) is 6.32. The Labute approximate surface area is 103 Å². The van der Waals surface area contributed by atoms with Crippen LogP contribution >= 0.6 is 0 Å². The molecule has 0 amide bonds. The fourth-order valence-corrected chi connectivity index (χ4v) is 1.85. The van der Waals surface area contributed by atoms with Crippen LogP contribution in [0.4, 0.5) is 0 Å². The van der Waals surface area contributed by atoms with Gasteiger partial charge in [0.05, 0.1) is 32.5 Å². The van der Waals surface area contributed by atoms with Crippen molar-refractivity contribution in [3.63, 3.8) is 0 Å². The maximum absolute atomic E-state index is 9.63. The SMILES string of the molecule is COCC(C)OCC(O)COCC1CCCN1. The first-order chi connectivity index (χ1) is 8.22. The summed E-state index contributed by atoms with van der Waals surface area (Å²) < 4.78 is 15.8. The van der Waals surface area contributed by atoms with E-state index in [1.807, 2.05) is 6.92 Å². The molecular formula is C12H25NO4. The van der Waals surface area contributed by atoms with Crippen LogP contribution in [0.3, 0.4) is 0 Å². The van der Waals surface area contributed by atoms with Crippen LogP contribution in [0.5, 0.6) is 0 Å². The normalized spacial score (nSPS) is 23.8. The van der Waals surface area contributed by atoms with Crippen molar-refractivity contribution in [3.05, 3.63) is 0 Å². The summed E-state index contributed by atoms with van der Waals surface area (Å²) >= 11 is 0. The fourth-order valence-electron chi connectivity index (χ4n) is 1.85. The summed E-state index contributed by atoms with van der Waals surface area (Å²) in [6.45, 7) is 4.83. The minimum atomic E-state index is -0.560. The van der Waals surface area contributed by atoms with Gasteiger partial charge in [-0.25, -0.2) is 0 Å². The standard InChI is InChI=1S/C12H25NO4/c1-10(6-15-2)17-9-12(14)8-16-7-11-4-3-5-13-11/h10-14H,3-9H2,1-2H3. The number of nitrogens with one attached hydrogen (secondary N) is 1. The van der Waals surface area contributed by atoms with Crippen molar-refractivity contribution in [2.45, 2.75) is 38.0 Å². The Balaban J connectivity index is 1.94. The highest BCUT2D eigenvalue weighted by Gasteiger charge is 2.15. The molecule has 3 unspecified atom stereocenters. The molecule has 1 rings (SSSR count). The van der Waals surface area contributed by atoms with Crippen LogP contribution < -0.4 is 5.32 Å². The number of aliphatic hydroxyl groups excluding tert-OH is 1. The Hall–Kier alpha value is -0.200. The monoisotopic (exact) mass is 247 g/mol. The number of hydrogen-bond acceptors (Lipinski definition) is 5. The predicted molar refractivity (Wildman–Crippen MR) is 65.1 cm³/mol. The van der Waals surface area contributed by atoms with E-state index in [-0.39, 0.29) is 6.10 Å². The van der Waals surface area contributed by atoms with Crippen LogP contribution in [0.25, 0.3) is 0 Å². The Bertz CT molecular complexity index is 185. The Morgan fingerprint density at radius 2 is 2.18 bits per heavy atom. The van der Waals surface area contributed by atoms with E-state index in [4.69, 9.17) is 14.2 Å². The molecule has 17 heavy (non-hydrogen) atoms. The lowest BCUT2D eigenvalue weighted by Crippen LogP contribution is -2.31. The third-order valence-electron chi connectivity index (χ3n) is 2.77. The molecule has 1 aliphatic rings. The van der Waals surface area contributed by atoms with Gasteiger partial charge in [-0.2, -0.15) is 0 Å². The molecule has 1 fully saturated rings. The highest BCUT2D eigenvalue weighted by atomic mass is 16.5. The minimum Gasteiger partial charge on any atom is -0.388 e. The maximum Gasteiger partial charge on any atom is 0.101 e. The zero-order valence-electron chi connectivity index (χ0n) is 10.9. The van der Waals surface area contributed by atoms with Crippen molar-refractivity contribution in [2.75, 3.05) is 40.1 Å². The van der Waals surface area contributed by atoms with E-state index in [1.165, 1.54) is 6.42 Å². The summed E-state index contributed by atoms with van der Waals surface area (Å²) in [5.41, 5.74) is 0. The maximum atomic E-state index is 9.63. The van der Waals surface area contributed by atoms with Gasteiger partial charge in [-0.05, 0) is 26.3 Å². The molecule has 102 valence electrons. The van der Waals surface area contributed by atoms with Crippen molar-refractivity contribution >= 4 is 0 Å². The van der Waals surface area contributed by atoms with E-state index in [0.29, 0.717) is 32.5 Å². The molecule has 0 saturated carbocycles. The molecule has 3 atom stereocenters. The lowest BCUT2D eigenvalue weighted by Gasteiger charge is -2.17. The minimum absolute atomic E-state index is 0.00569. The summed E-state index contributed by atoms with van der Waals surface area (Å²) in [6, 6.07) is 0.454. The first kappa shape index (κ1) is 14.9. The largest absolute Gasteiger partial charge is 0.388 e. The number of ether oxygens (including phenoxy) is 3. The molecule has 1 aliphatic heterocycles. The fraction of sp³-hybridized carbons (Fsp3) is 1.00. The topological polar surface area (TPSA) is 60.0 Å². The van der Waals surface area contributed by atoms with Crippen LogP contribution in [0.1, 0.15) is 19.8 Å². The van der Waals surface area contributed by atoms with Crippen molar-refractivity contribution in [2.24, 2.45) is 0 Å². The summed E-state index contributed by atoms with van der Waals surface area (Å²) in [6.07, 6.45) is 1.83. The van der Waals surface area contributed by atoms with Gasteiger partial charge in [0.1, 0.15) is 6.10 Å². The second kappa shape index (κ2) is 8.83. The molecule has 0 aromatic heterocycles. The Kier molecular flexibility index (Phi) is 7.72. The molecule has 0 bridgehead atoms. The number of aliphatic hydroxyl groups is 1. The first-order valence-electron chi connectivity index (χ1n) is 6.32. The van der Waals surface area contributed by atoms with E-state index < -0.39 is 6.10 Å². The van der Waals surface area contributed by atoms with Gasteiger partial charge in [-0.3, -0.25) is 0 Å². The lowest BCUT2D eigenvalue weighted by atomic mass is 10.2. The number of hydrogen-bond donors (Lipinski definition) is 2. The van der Waals surface area contributed by atoms with Gasteiger partial charge in [0.2, 0.25) is 0 Å². The van der Waals surface area contributed by atoms with Gasteiger partial charge >= 0.3 is 0 Å². The van der Waals surface area contributed by atoms with Crippen molar-refractivity contribution in [1.82, 2.24) is 5.32 Å². The zero-order valence-corrected chi connectivity index (χ0v) is 10.9. The van der Waals surface area contributed by atoms with Crippen LogP contribution in [0.2, 0.25) is 0 Å². The predicted octanol–water partition coefficient (Wildman–Crippen LogP) is 0.167. The van der Waals surface area contributed by atoms with Crippen LogP contribution in [-0.2, 0) is 14.2 Å². The molecule has 1 heterocycles. The van der Waals surface area contributed by atoms with Crippen molar-refractivity contribution < 1.29 is 19.3 Å². The highest BCUT2D eigenvalue weighted by Crippen LogP contribution is 2.05. The average molecular weight is 247 g/mol. The molecule has 0 radical (unpaired) electrons. The number of rotatable bonds is 9. The molecule has 0 aromatic carbocycles. The molecule has 0 aromatic rings. The van der Waals surface area contributed by atoms with E-state index >= 15 is 0 Å². The van der Waals surface area contributed by atoms with E-state index in [2.05, 4.69) is 5.32 Å². The summed E-state index contributed by atoms with van der Waals surface area (Å²) in [5.74, 6) is 0. The van der Waals surface area contributed by atoms with Gasteiger partial charge < -0.3 is 24.6 Å². The third kappa shape index (κ3) is 6.95. The molecule has 0 aliphatic carbocycles. The zero-order chi connectivity index (χ0) is 12.5. The molecule has 2 N–H and O–H groups in total. The Morgan fingerprint density at radius 3 is 2.82 bits per heavy atom. The molecular weight excluding hydrogens is 222 g/mol. The molecule has 5 heteroatoms. The summed E-state index contributed by atoms with van der Waals surface area (Å²) in [7, 11) is 1.63. The van der Waals surface area contributed by atoms with E-state index in [0.717, 1.165) is 13.0 Å². The van der Waals surface area contributed by atoms with Gasteiger partial charge in [-0.1, -0.05) is 0 Å². The second-order valence-electron chi connectivity index (χ2n) is 4.58. The summed E-state index contributed by atoms with van der Waals surface area (Å²) in [4.78, 5) is 0. The highest BCUT2D eigenvalue weighted by molar-refractivity contribution is 4.73. The smallest absolute Gasteiger partial charge is 0.101 e. The average Bonchev–Trinajstić information content (AvgIpc) is 2.80. The Morgan fingerprint density at radius 1 is 1.35 bits per heavy atom. The third-order valence-corrected chi connectivity index (χ3v) is 2.77. The van der Waals surface area contributed by atoms with Crippen molar-refractivity contribution in [1.29, 1.82) is 0 Å². The lowest BCUT2D eigenvalue weighted by molar-refractivity contribution is -0.0581. The van der Waals surface area contributed by atoms with Crippen LogP contribution in [0, 0.1) is 0 Å². The van der Waals surface area contributed by atoms with Gasteiger partial charge in [0, 0.05) is 13.2 Å². The second-order valence-corrected chi connectivity index (χ2v) is 4.58. The van der Waals surface area contributed by atoms with Crippen molar-refractivity contribution in [3.8, 4) is 0 Å². The van der Waals surface area contributed by atoms with Gasteiger partial charge in [0.25, 0.3) is 0 Å². The quantitative estimate of drug-likeness (QED) is 0.608. The molecule has 1 saturated heterocycles. The summed E-state index contributed by atoms with van der Waals surface area (Å²) in [5, 5.41) is 13.0. The number of methoxy groups -OCH3 is 1. The van der Waals surface area contributed by atoms with Gasteiger partial charge in [-0.15, -0.1) is 0 Å². The van der Waals surface area contributed by atoms with E-state index in [9.17, 15) is 5.11 Å². The van der Waals surface area contributed by atoms with Gasteiger partial charge in [0.15, 0.2) is 0 Å². The van der Waals surface area contributed by atoms with Crippen LogP contribution in [0.15, 0.2) is 0 Å². The molecule has 5 nitrogen and oxygen atoms in total. The van der Waals surface area contributed by atoms with Crippen LogP contribution in [-0.4, -0.2) is 63.4 Å². The van der Waals surface area contributed by atoms with E-state index in [1.54, 1.807) is 7.11 Å². The molecule has 0 spiro atoms.